The molecule has 3 aromatic rings. The Morgan fingerprint density at radius 1 is 0.729 bits per heavy atom. The lowest BCUT2D eigenvalue weighted by Gasteiger charge is -2.44. The molecule has 1 N–H and O–H groups in total. The maximum Gasteiger partial charge on any atom is 0.339 e. The SMILES string of the molecule is COc1ccc(CN2C(=O)N(S(=O)(=O)c3ccc(C)cc3)C3C2=C[C@@H](CO)[C@H]2C(=O)N(S(=O)(=O)c4ccc(C)cc4)[C@H](CO[Si](C(C)C)(C(C)C)C(C)C)[C@@H]32)cc1OC. The lowest BCUT2D eigenvalue weighted by atomic mass is 9.71. The van der Waals surface area contributed by atoms with E-state index in [-0.39, 0.29) is 45.3 Å². The van der Waals surface area contributed by atoms with Gasteiger partial charge in [0.25, 0.3) is 20.0 Å². The summed E-state index contributed by atoms with van der Waals surface area (Å²) in [5, 5.41) is 11.0. The van der Waals surface area contributed by atoms with E-state index in [4.69, 9.17) is 13.9 Å². The third-order valence-electron chi connectivity index (χ3n) is 12.5. The summed E-state index contributed by atoms with van der Waals surface area (Å²) < 4.78 is 79.5. The summed E-state index contributed by atoms with van der Waals surface area (Å²) in [6, 6.07) is 13.9. The normalized spacial score (nSPS) is 22.4. The molecule has 2 fully saturated rings. The van der Waals surface area contributed by atoms with Gasteiger partial charge >= 0.3 is 6.03 Å². The van der Waals surface area contributed by atoms with Crippen molar-refractivity contribution in [1.82, 2.24) is 13.5 Å². The Labute approximate surface area is 350 Å². The van der Waals surface area contributed by atoms with Gasteiger partial charge in [0, 0.05) is 17.5 Å². The van der Waals surface area contributed by atoms with E-state index in [9.17, 15) is 21.9 Å². The third-order valence-corrected chi connectivity index (χ3v) is 22.2. The predicted molar refractivity (Wildman–Crippen MR) is 226 cm³/mol. The van der Waals surface area contributed by atoms with Crippen molar-refractivity contribution in [3.63, 3.8) is 0 Å². The Hall–Kier alpha value is -4.22. The molecule has 5 atom stereocenters. The first-order valence-corrected chi connectivity index (χ1v) is 25.0. The average molecular weight is 868 g/mol. The molecule has 13 nitrogen and oxygen atoms in total. The lowest BCUT2D eigenvalue weighted by molar-refractivity contribution is -0.129. The van der Waals surface area contributed by atoms with Gasteiger partial charge in [0.05, 0.1) is 61.8 Å². The number of fused-ring (bicyclic) bond motifs is 3. The molecule has 3 aliphatic rings. The van der Waals surface area contributed by atoms with Crippen LogP contribution in [0.5, 0.6) is 11.5 Å². The van der Waals surface area contributed by atoms with Crippen LogP contribution in [0.1, 0.15) is 58.2 Å². The molecular weight excluding hydrogens is 811 g/mol. The molecule has 59 heavy (non-hydrogen) atoms. The van der Waals surface area contributed by atoms with E-state index in [0.29, 0.717) is 17.1 Å². The van der Waals surface area contributed by atoms with Crippen LogP contribution < -0.4 is 9.47 Å². The van der Waals surface area contributed by atoms with Crippen LogP contribution in [-0.4, -0.2) is 95.2 Å². The van der Waals surface area contributed by atoms with E-state index < -0.39 is 76.7 Å². The van der Waals surface area contributed by atoms with Crippen molar-refractivity contribution in [2.75, 3.05) is 27.4 Å². The second kappa shape index (κ2) is 16.7. The molecule has 3 aromatic carbocycles. The van der Waals surface area contributed by atoms with E-state index in [1.165, 1.54) is 43.4 Å². The van der Waals surface area contributed by atoms with E-state index in [1.54, 1.807) is 48.5 Å². The number of urea groups is 1. The standard InChI is InChI=1S/C43H57N3O10S2Si/c1-26(2)59(27(3)4,28(5)6)56-25-36-40-39(42(48)45(36)57(50,51)33-16-11-29(7)12-17-33)32(24-47)22-35-41(40)46(58(52,53)34-18-13-30(8)14-19-34)43(49)44(35)23-31-15-20-37(54-9)38(21-31)55-10/h11-22,26-28,32,36,39-41,47H,23-25H2,1-10H3/t32-,36+,39+,40+,41?/m0/s1. The van der Waals surface area contributed by atoms with Crippen molar-refractivity contribution >= 4 is 40.3 Å². The molecule has 0 saturated carbocycles. The quantitative estimate of drug-likeness (QED) is 0.160. The Morgan fingerprint density at radius 2 is 1.24 bits per heavy atom. The van der Waals surface area contributed by atoms with Gasteiger partial charge in [0.1, 0.15) is 0 Å². The van der Waals surface area contributed by atoms with E-state index in [0.717, 1.165) is 19.7 Å². The zero-order valence-corrected chi connectivity index (χ0v) is 38.1. The Kier molecular flexibility index (Phi) is 12.5. The van der Waals surface area contributed by atoms with Gasteiger partial charge in [-0.3, -0.25) is 9.69 Å². The fourth-order valence-corrected chi connectivity index (χ4v) is 18.5. The highest BCUT2D eigenvalue weighted by atomic mass is 32.2. The van der Waals surface area contributed by atoms with Gasteiger partial charge in [-0.05, 0) is 72.4 Å². The van der Waals surface area contributed by atoms with Gasteiger partial charge in [-0.25, -0.2) is 30.2 Å². The van der Waals surface area contributed by atoms with Gasteiger partial charge in [-0.15, -0.1) is 0 Å². The smallest absolute Gasteiger partial charge is 0.339 e. The molecule has 0 spiro atoms. The number of aliphatic hydroxyl groups is 1. The van der Waals surface area contributed by atoms with Crippen molar-refractivity contribution in [1.29, 1.82) is 0 Å². The predicted octanol–water partition coefficient (Wildman–Crippen LogP) is 6.85. The van der Waals surface area contributed by atoms with Crippen LogP contribution in [0.3, 0.4) is 0 Å². The first kappa shape index (κ1) is 44.3. The molecule has 0 radical (unpaired) electrons. The highest BCUT2D eigenvalue weighted by Crippen LogP contribution is 2.53. The number of aliphatic hydroxyl groups excluding tert-OH is 1. The number of carbonyl (C=O) groups is 2. The van der Waals surface area contributed by atoms with Gasteiger partial charge in [-0.2, -0.15) is 0 Å². The third kappa shape index (κ3) is 7.49. The average Bonchev–Trinajstić information content (AvgIpc) is 3.64. The van der Waals surface area contributed by atoms with Crippen LogP contribution in [0.2, 0.25) is 16.6 Å². The van der Waals surface area contributed by atoms with Gasteiger partial charge < -0.3 is 19.0 Å². The van der Waals surface area contributed by atoms with Crippen LogP contribution in [0, 0.1) is 31.6 Å². The summed E-state index contributed by atoms with van der Waals surface area (Å²) in [5.74, 6) is -3.27. The largest absolute Gasteiger partial charge is 0.493 e. The summed E-state index contributed by atoms with van der Waals surface area (Å²) in [6.07, 6.45) is 1.57. The molecule has 320 valence electrons. The number of methoxy groups -OCH3 is 2. The number of sulfonamides is 2. The molecule has 1 aliphatic carbocycles. The van der Waals surface area contributed by atoms with E-state index in [1.807, 2.05) is 13.8 Å². The summed E-state index contributed by atoms with van der Waals surface area (Å²) in [5.41, 5.74) is 2.72. The summed E-state index contributed by atoms with van der Waals surface area (Å²) in [7, 11) is -8.98. The molecule has 3 amide bonds. The monoisotopic (exact) mass is 867 g/mol. The molecule has 16 heteroatoms. The second-order valence-electron chi connectivity index (χ2n) is 16.8. The van der Waals surface area contributed by atoms with Gasteiger partial charge in [0.2, 0.25) is 5.91 Å². The van der Waals surface area contributed by atoms with E-state index >= 15 is 9.59 Å². The number of hydrogen-bond donors (Lipinski definition) is 1. The number of rotatable bonds is 15. The number of benzene rings is 3. The van der Waals surface area contributed by atoms with Crippen molar-refractivity contribution in [2.45, 2.75) is 100 Å². The fraction of sp³-hybridized carbons (Fsp3) is 0.488. The second-order valence-corrected chi connectivity index (χ2v) is 25.9. The van der Waals surface area contributed by atoms with Crippen LogP contribution in [-0.2, 0) is 35.8 Å². The summed E-state index contributed by atoms with van der Waals surface area (Å²) >= 11 is 0. The van der Waals surface area contributed by atoms with Crippen LogP contribution >= 0.6 is 0 Å². The van der Waals surface area contributed by atoms with E-state index in [2.05, 4.69) is 41.5 Å². The number of amides is 3. The Bertz CT molecular complexity index is 2290. The number of hydrogen-bond acceptors (Lipinski definition) is 10. The maximum atomic E-state index is 15.0. The minimum absolute atomic E-state index is 0.0908. The van der Waals surface area contributed by atoms with Crippen molar-refractivity contribution in [2.24, 2.45) is 17.8 Å². The number of aryl methyl sites for hydroxylation is 2. The summed E-state index contributed by atoms with van der Waals surface area (Å²) in [4.78, 5) is 31.1. The van der Waals surface area contributed by atoms with Gasteiger partial charge in [-0.1, -0.05) is 89.1 Å². The highest BCUT2D eigenvalue weighted by molar-refractivity contribution is 7.90. The minimum atomic E-state index is -4.64. The van der Waals surface area contributed by atoms with Gasteiger partial charge in [0.15, 0.2) is 19.8 Å². The van der Waals surface area contributed by atoms with Crippen molar-refractivity contribution in [3.05, 3.63) is 95.2 Å². The Morgan fingerprint density at radius 3 is 1.71 bits per heavy atom. The van der Waals surface area contributed by atoms with Crippen molar-refractivity contribution in [3.8, 4) is 11.5 Å². The number of nitrogens with zero attached hydrogens (tertiary/aromatic N) is 3. The Balaban J connectivity index is 1.59. The maximum absolute atomic E-state index is 15.0. The van der Waals surface area contributed by atoms with Crippen molar-refractivity contribution < 1.29 is 45.4 Å². The first-order chi connectivity index (χ1) is 27.8. The van der Waals surface area contributed by atoms with Crippen LogP contribution in [0.25, 0.3) is 0 Å². The minimum Gasteiger partial charge on any atom is -0.493 e. The zero-order chi connectivity index (χ0) is 43.4. The number of carbonyl (C=O) groups excluding carboxylic acids is 2. The number of ether oxygens (including phenoxy) is 2. The highest BCUT2D eigenvalue weighted by Gasteiger charge is 2.66. The molecule has 2 heterocycles. The molecule has 2 saturated heterocycles. The molecule has 2 aliphatic heterocycles. The molecule has 0 bridgehead atoms. The molecule has 0 aromatic heterocycles. The molecular formula is C43H57N3O10S2Si. The lowest BCUT2D eigenvalue weighted by Crippen LogP contribution is -2.55. The first-order valence-electron chi connectivity index (χ1n) is 20.0. The zero-order valence-electron chi connectivity index (χ0n) is 35.4. The topological polar surface area (TPSA) is 160 Å². The molecule has 1 unspecified atom stereocenters. The summed E-state index contributed by atoms with van der Waals surface area (Å²) in [6.45, 7) is 15.3. The molecule has 6 rings (SSSR count). The van der Waals surface area contributed by atoms with Crippen LogP contribution in [0.15, 0.2) is 88.3 Å². The fourth-order valence-electron chi connectivity index (χ4n) is 9.83. The van der Waals surface area contributed by atoms with Crippen LogP contribution in [0.4, 0.5) is 4.79 Å².